The molecule has 0 radical (unpaired) electrons. The van der Waals surface area contributed by atoms with E-state index < -0.39 is 0 Å². The average molecular weight is 675 g/mol. The zero-order chi connectivity index (χ0) is 37.0. The van der Waals surface area contributed by atoms with Crippen LogP contribution < -0.4 is 20.7 Å². The Hall–Kier alpha value is -3.98. The lowest BCUT2D eigenvalue weighted by Gasteiger charge is -2.50. The van der Waals surface area contributed by atoms with Gasteiger partial charge in [0.05, 0.1) is 0 Å². The van der Waals surface area contributed by atoms with Crippen LogP contribution in [0.4, 0.5) is 28.4 Å². The van der Waals surface area contributed by atoms with Crippen molar-refractivity contribution in [3.8, 4) is 0 Å². The maximum Gasteiger partial charge on any atom is 0.251 e. The Balaban J connectivity index is 1.69. The molecule has 3 heteroatoms. The van der Waals surface area contributed by atoms with Crippen molar-refractivity contribution in [2.75, 3.05) is 9.80 Å². The van der Waals surface area contributed by atoms with Crippen molar-refractivity contribution >= 4 is 46.1 Å². The van der Waals surface area contributed by atoms with Gasteiger partial charge in [-0.25, -0.2) is 0 Å². The van der Waals surface area contributed by atoms with E-state index in [1.165, 1.54) is 78.3 Å². The van der Waals surface area contributed by atoms with E-state index in [0.717, 1.165) is 6.42 Å². The number of anilines is 5. The molecule has 2 aliphatic heterocycles. The summed E-state index contributed by atoms with van der Waals surface area (Å²) < 4.78 is 0. The lowest BCUT2D eigenvalue weighted by atomic mass is 9.31. The fourth-order valence-corrected chi connectivity index (χ4v) is 8.44. The third-order valence-corrected chi connectivity index (χ3v) is 11.4. The summed E-state index contributed by atoms with van der Waals surface area (Å²) in [5.74, 6) is 0.471. The molecule has 0 saturated carbocycles. The average Bonchev–Trinajstić information content (AvgIpc) is 3.03. The van der Waals surface area contributed by atoms with Crippen LogP contribution in [-0.4, -0.2) is 6.71 Å². The smallest absolute Gasteiger partial charge is 0.251 e. The van der Waals surface area contributed by atoms with Gasteiger partial charge in [0.2, 0.25) is 0 Å². The summed E-state index contributed by atoms with van der Waals surface area (Å²) in [5.41, 5.74) is 18.9. The van der Waals surface area contributed by atoms with Crippen molar-refractivity contribution in [1.29, 1.82) is 0 Å². The second-order valence-corrected chi connectivity index (χ2v) is 19.8. The normalized spacial score (nSPS) is 17.5. The van der Waals surface area contributed by atoms with Gasteiger partial charge in [-0.3, -0.25) is 0 Å². The van der Waals surface area contributed by atoms with Gasteiger partial charge in [-0.2, -0.15) is 0 Å². The zero-order valence-corrected chi connectivity index (χ0v) is 33.8. The second kappa shape index (κ2) is 11.8. The first-order valence-electron chi connectivity index (χ1n) is 19.2. The molecular weight excluding hydrogens is 615 g/mol. The zero-order valence-electron chi connectivity index (χ0n) is 33.8. The Morgan fingerprint density at radius 1 is 0.588 bits per heavy atom. The van der Waals surface area contributed by atoms with Gasteiger partial charge in [-0.05, 0) is 110 Å². The number of hydrogen-bond donors (Lipinski definition) is 0. The Morgan fingerprint density at radius 3 is 1.65 bits per heavy atom. The summed E-state index contributed by atoms with van der Waals surface area (Å²) in [6, 6.07) is 28.6. The second-order valence-electron chi connectivity index (χ2n) is 19.8. The molecule has 0 spiro atoms. The van der Waals surface area contributed by atoms with Crippen molar-refractivity contribution in [2.45, 2.75) is 125 Å². The highest BCUT2D eigenvalue weighted by Crippen LogP contribution is 2.53. The fraction of sp³-hybridized carbons (Fsp3) is 0.417. The molecule has 0 fully saturated rings. The summed E-state index contributed by atoms with van der Waals surface area (Å²) in [6.07, 6.45) is 6.19. The number of fused-ring (bicyclic) bond motifs is 4. The maximum atomic E-state index is 2.64. The van der Waals surface area contributed by atoms with E-state index in [9.17, 15) is 0 Å². The summed E-state index contributed by atoms with van der Waals surface area (Å²) in [5, 5.41) is 0. The molecule has 0 amide bonds. The minimum Gasteiger partial charge on any atom is -0.311 e. The van der Waals surface area contributed by atoms with Crippen LogP contribution in [-0.2, 0) is 21.7 Å². The molecule has 4 aromatic rings. The van der Waals surface area contributed by atoms with E-state index in [4.69, 9.17) is 0 Å². The molecule has 2 nitrogen and oxygen atoms in total. The Kier molecular flexibility index (Phi) is 8.18. The molecule has 1 unspecified atom stereocenters. The fourth-order valence-electron chi connectivity index (χ4n) is 8.44. The van der Waals surface area contributed by atoms with Crippen LogP contribution in [0.1, 0.15) is 124 Å². The Bertz CT molecular complexity index is 2070. The van der Waals surface area contributed by atoms with Gasteiger partial charge in [-0.1, -0.05) is 150 Å². The van der Waals surface area contributed by atoms with Gasteiger partial charge in [0, 0.05) is 34.1 Å². The highest BCUT2D eigenvalue weighted by atomic mass is 15.2. The van der Waals surface area contributed by atoms with E-state index >= 15 is 0 Å². The molecule has 51 heavy (non-hydrogen) atoms. The molecule has 2 heterocycles. The van der Waals surface area contributed by atoms with E-state index in [1.807, 2.05) is 0 Å². The van der Waals surface area contributed by atoms with Crippen LogP contribution in [0.15, 0.2) is 96.1 Å². The first-order chi connectivity index (χ1) is 23.7. The lowest BCUT2D eigenvalue weighted by molar-refractivity contribution is 0.570. The minimum atomic E-state index is -0.0968. The summed E-state index contributed by atoms with van der Waals surface area (Å²) in [7, 11) is 0. The summed E-state index contributed by atoms with van der Waals surface area (Å²) in [6.45, 7) is 33.1. The van der Waals surface area contributed by atoms with E-state index in [0.29, 0.717) is 5.92 Å². The molecule has 3 aliphatic rings. The first-order valence-corrected chi connectivity index (χ1v) is 19.2. The van der Waals surface area contributed by atoms with Gasteiger partial charge >= 0.3 is 0 Å². The molecule has 4 aromatic carbocycles. The topological polar surface area (TPSA) is 6.48 Å². The molecule has 1 aliphatic carbocycles. The van der Waals surface area contributed by atoms with Crippen LogP contribution in [0.2, 0.25) is 0 Å². The largest absolute Gasteiger partial charge is 0.311 e. The molecular formula is C48H59BN2. The third-order valence-electron chi connectivity index (χ3n) is 11.4. The van der Waals surface area contributed by atoms with Crippen LogP contribution in [0.25, 0.3) is 0 Å². The quantitative estimate of drug-likeness (QED) is 0.195. The van der Waals surface area contributed by atoms with Gasteiger partial charge < -0.3 is 9.80 Å². The van der Waals surface area contributed by atoms with Crippen LogP contribution in [0, 0.1) is 12.8 Å². The molecule has 0 bridgehead atoms. The maximum absolute atomic E-state index is 2.64. The SMILES string of the molecule is Cc1ccc(N2C3=CCC(C)C=C3B3c4cc(C(C)(C)C)ccc4N(c4ccc(C(C)(C)C)cc4)c4c(C(C)(C)C)cc(C(C)(C)C)c2c43)cc1. The van der Waals surface area contributed by atoms with E-state index in [2.05, 4.69) is 192 Å². The van der Waals surface area contributed by atoms with Crippen LogP contribution in [0.5, 0.6) is 0 Å². The predicted octanol–water partition coefficient (Wildman–Crippen LogP) is 12.1. The van der Waals surface area contributed by atoms with Gasteiger partial charge in [0.1, 0.15) is 0 Å². The number of rotatable bonds is 2. The Labute approximate surface area is 309 Å². The van der Waals surface area contributed by atoms with Crippen molar-refractivity contribution in [2.24, 2.45) is 5.92 Å². The Morgan fingerprint density at radius 2 is 1.10 bits per heavy atom. The number of aryl methyl sites for hydroxylation is 1. The van der Waals surface area contributed by atoms with E-state index in [1.54, 1.807) is 0 Å². The molecule has 264 valence electrons. The number of benzene rings is 4. The summed E-state index contributed by atoms with van der Waals surface area (Å²) >= 11 is 0. The highest BCUT2D eigenvalue weighted by Gasteiger charge is 2.49. The van der Waals surface area contributed by atoms with Crippen molar-refractivity contribution in [1.82, 2.24) is 0 Å². The minimum absolute atomic E-state index is 0.0245. The molecule has 0 saturated heterocycles. The van der Waals surface area contributed by atoms with Crippen LogP contribution >= 0.6 is 0 Å². The lowest BCUT2D eigenvalue weighted by Crippen LogP contribution is -2.58. The molecule has 1 atom stereocenters. The van der Waals surface area contributed by atoms with Crippen molar-refractivity contribution in [3.63, 3.8) is 0 Å². The third kappa shape index (κ3) is 5.99. The van der Waals surface area contributed by atoms with Gasteiger partial charge in [-0.15, -0.1) is 0 Å². The molecule has 0 aromatic heterocycles. The van der Waals surface area contributed by atoms with E-state index in [-0.39, 0.29) is 28.4 Å². The molecule has 0 N–H and O–H groups in total. The van der Waals surface area contributed by atoms with Crippen molar-refractivity contribution < 1.29 is 0 Å². The number of allylic oxidation sites excluding steroid dienone is 3. The van der Waals surface area contributed by atoms with Crippen LogP contribution in [0.3, 0.4) is 0 Å². The monoisotopic (exact) mass is 674 g/mol. The molecule has 7 rings (SSSR count). The number of hydrogen-bond acceptors (Lipinski definition) is 2. The predicted molar refractivity (Wildman–Crippen MR) is 224 cm³/mol. The first kappa shape index (κ1) is 35.4. The van der Waals surface area contributed by atoms with Crippen molar-refractivity contribution in [3.05, 3.63) is 124 Å². The standard InChI is InChI=1S/C48H59BN2/c1-30-15-21-34(22-16-30)50-40-25-17-31(2)27-38(40)49-39-28-33(46(6,7)8)20-26-41(39)51(35-23-18-32(19-24-35)45(3,4)5)44-37(48(12,13)14)29-36(47(9,10)11)43(50)42(44)49/h15-16,18-29,31H,17H2,1-14H3. The summed E-state index contributed by atoms with van der Waals surface area (Å²) in [4.78, 5) is 5.27. The highest BCUT2D eigenvalue weighted by molar-refractivity contribution is 6.96. The van der Waals surface area contributed by atoms with Gasteiger partial charge in [0.25, 0.3) is 6.71 Å². The van der Waals surface area contributed by atoms with Gasteiger partial charge in [0.15, 0.2) is 0 Å². The number of nitrogens with zero attached hydrogens (tertiary/aromatic N) is 2.